The van der Waals surface area contributed by atoms with Gasteiger partial charge in [0.25, 0.3) is 0 Å². The van der Waals surface area contributed by atoms with E-state index in [0.29, 0.717) is 14.5 Å². The van der Waals surface area contributed by atoms with E-state index in [1.54, 1.807) is 0 Å². The maximum absolute atomic E-state index is 3.56. The van der Waals surface area contributed by atoms with E-state index in [2.05, 4.69) is 66.0 Å². The molecule has 2 rings (SSSR count). The van der Waals surface area contributed by atoms with Gasteiger partial charge in [-0.3, -0.25) is 0 Å². The number of fused-ring (bicyclic) bond motifs is 1. The molecule has 0 amide bonds. The van der Waals surface area contributed by atoms with Gasteiger partial charge in [0.15, 0.2) is 0 Å². The van der Waals surface area contributed by atoms with Crippen molar-refractivity contribution in [2.75, 3.05) is 0 Å². The van der Waals surface area contributed by atoms with Gasteiger partial charge in [0.2, 0.25) is 0 Å². The second-order valence-corrected chi connectivity index (χ2v) is 8.22. The average Bonchev–Trinajstić information content (AvgIpc) is 2.28. The molecule has 0 fully saturated rings. The molecule has 1 heterocycles. The van der Waals surface area contributed by atoms with Crippen molar-refractivity contribution in [3.8, 4) is 0 Å². The summed E-state index contributed by atoms with van der Waals surface area (Å²) in [5.74, 6) is 0. The molecule has 0 aliphatic heterocycles. The quantitative estimate of drug-likeness (QED) is 0.564. The first-order valence-electron chi connectivity index (χ1n) is 3.21. The van der Waals surface area contributed by atoms with Crippen molar-refractivity contribution in [3.63, 3.8) is 0 Å². The van der Waals surface area contributed by atoms with Crippen LogP contribution < -0.4 is 0 Å². The molecule has 0 radical (unpaired) electrons. The number of hydrogen-bond donors (Lipinski definition) is 0. The number of rotatable bonds is 0. The summed E-state index contributed by atoms with van der Waals surface area (Å²) >= 11 is 11.0. The monoisotopic (exact) mass is 416 g/mol. The normalized spacial score (nSPS) is 10.9. The summed E-state index contributed by atoms with van der Waals surface area (Å²) in [5.41, 5.74) is 0. The van der Waals surface area contributed by atoms with Gasteiger partial charge in [-0.1, -0.05) is 0 Å². The van der Waals surface area contributed by atoms with Gasteiger partial charge in [0.05, 0.1) is 0 Å². The summed E-state index contributed by atoms with van der Waals surface area (Å²) in [6, 6.07) is 6.39. The van der Waals surface area contributed by atoms with Crippen LogP contribution in [0.2, 0.25) is 0 Å². The molecule has 12 heavy (non-hydrogen) atoms. The summed E-state index contributed by atoms with van der Waals surface area (Å²) in [4.78, 5) is 0. The molecule has 2 aromatic rings. The molecule has 0 saturated carbocycles. The molecule has 1 aromatic heterocycles. The van der Waals surface area contributed by atoms with Gasteiger partial charge in [-0.05, 0) is 0 Å². The molecule has 0 N–H and O–H groups in total. The Morgan fingerprint density at radius 3 is 2.58 bits per heavy atom. The van der Waals surface area contributed by atoms with Crippen LogP contribution in [0.1, 0.15) is 0 Å². The van der Waals surface area contributed by atoms with E-state index in [0.717, 1.165) is 4.47 Å². The van der Waals surface area contributed by atoms with Crippen LogP contribution in [0.3, 0.4) is 0 Å². The van der Waals surface area contributed by atoms with Crippen LogP contribution in [-0.4, -0.2) is 14.5 Å². The van der Waals surface area contributed by atoms with Gasteiger partial charge in [0.1, 0.15) is 0 Å². The van der Waals surface area contributed by atoms with Crippen molar-refractivity contribution < 1.29 is 0 Å². The average molecular weight is 418 g/mol. The molecule has 0 nitrogen and oxygen atoms in total. The van der Waals surface area contributed by atoms with Crippen LogP contribution in [-0.2, 0) is 0 Å². The predicted molar refractivity (Wildman–Crippen MR) is 64.0 cm³/mol. The summed E-state index contributed by atoms with van der Waals surface area (Å²) in [7, 11) is 0. The molecule has 0 bridgehead atoms. The third-order valence-corrected chi connectivity index (χ3v) is 7.20. The zero-order valence-corrected chi connectivity index (χ0v) is 12.2. The van der Waals surface area contributed by atoms with Crippen molar-refractivity contribution in [2.45, 2.75) is 0 Å². The van der Waals surface area contributed by atoms with Crippen molar-refractivity contribution in [2.24, 2.45) is 0 Å². The molecule has 0 atom stereocenters. The predicted octanol–water partition coefficient (Wildman–Crippen LogP) is 4.18. The number of halogens is 3. The standard InChI is InChI=1S/C8H3Br3Se/c9-4-1-2-5-6(3-4)12-8(11)7(5)10/h1-3H. The van der Waals surface area contributed by atoms with Crippen molar-refractivity contribution >= 4 is 71.9 Å². The second kappa shape index (κ2) is 3.58. The van der Waals surface area contributed by atoms with E-state index in [1.807, 2.05) is 0 Å². The van der Waals surface area contributed by atoms with Gasteiger partial charge < -0.3 is 0 Å². The van der Waals surface area contributed by atoms with Gasteiger partial charge in [-0.15, -0.1) is 0 Å². The fourth-order valence-electron chi connectivity index (χ4n) is 1.01. The molecule has 0 spiro atoms. The molecule has 1 aromatic carbocycles. The van der Waals surface area contributed by atoms with Crippen LogP contribution in [0.5, 0.6) is 0 Å². The Balaban J connectivity index is 2.87. The van der Waals surface area contributed by atoms with E-state index < -0.39 is 0 Å². The first-order valence-corrected chi connectivity index (χ1v) is 7.31. The Hall–Kier alpha value is 0.919. The Morgan fingerprint density at radius 2 is 1.83 bits per heavy atom. The van der Waals surface area contributed by atoms with E-state index in [9.17, 15) is 0 Å². The summed E-state index contributed by atoms with van der Waals surface area (Å²) < 4.78 is 5.09. The molecule has 0 aliphatic carbocycles. The topological polar surface area (TPSA) is 0 Å². The van der Waals surface area contributed by atoms with Crippen molar-refractivity contribution in [3.05, 3.63) is 30.5 Å². The van der Waals surface area contributed by atoms with Crippen molar-refractivity contribution in [1.29, 1.82) is 0 Å². The van der Waals surface area contributed by atoms with Gasteiger partial charge >= 0.3 is 102 Å². The molecular formula is C8H3Br3Se. The zero-order chi connectivity index (χ0) is 8.72. The maximum atomic E-state index is 3.56. The Kier molecular flexibility index (Phi) is 2.83. The molecule has 62 valence electrons. The zero-order valence-electron chi connectivity index (χ0n) is 5.77. The van der Waals surface area contributed by atoms with Crippen molar-refractivity contribution in [1.82, 2.24) is 0 Å². The summed E-state index contributed by atoms with van der Waals surface area (Å²) in [6.07, 6.45) is 0. The second-order valence-electron chi connectivity index (χ2n) is 2.33. The molecule has 4 heteroatoms. The van der Waals surface area contributed by atoms with E-state index in [4.69, 9.17) is 0 Å². The van der Waals surface area contributed by atoms with E-state index >= 15 is 0 Å². The number of benzene rings is 1. The third kappa shape index (κ3) is 1.60. The van der Waals surface area contributed by atoms with Crippen LogP contribution in [0.15, 0.2) is 30.5 Å². The first-order chi connectivity index (χ1) is 5.68. The fraction of sp³-hybridized carbons (Fsp3) is 0. The van der Waals surface area contributed by atoms with Crippen LogP contribution in [0, 0.1) is 0 Å². The third-order valence-electron chi connectivity index (χ3n) is 1.55. The number of hydrogen-bond acceptors (Lipinski definition) is 0. The molecule has 0 unspecified atom stereocenters. The van der Waals surface area contributed by atoms with E-state index in [1.165, 1.54) is 17.5 Å². The van der Waals surface area contributed by atoms with Crippen LogP contribution in [0.25, 0.3) is 9.65 Å². The van der Waals surface area contributed by atoms with Gasteiger partial charge in [0, 0.05) is 0 Å². The Bertz CT molecular complexity index is 433. The molecule has 0 saturated heterocycles. The Labute approximate surface area is 101 Å². The first kappa shape index (κ1) is 9.47. The minimum absolute atomic E-state index is 0.442. The molecule has 0 aliphatic rings. The van der Waals surface area contributed by atoms with Crippen LogP contribution >= 0.6 is 47.8 Å². The minimum atomic E-state index is 0.442. The Morgan fingerprint density at radius 1 is 1.08 bits per heavy atom. The summed E-state index contributed by atoms with van der Waals surface area (Å²) in [5, 5.41) is 1.32. The fourth-order valence-corrected chi connectivity index (χ4v) is 5.69. The van der Waals surface area contributed by atoms with Crippen LogP contribution in [0.4, 0.5) is 0 Å². The SMILES string of the molecule is Brc1ccc2c(Br)c(Br)[se]c2c1. The van der Waals surface area contributed by atoms with Gasteiger partial charge in [-0.25, -0.2) is 0 Å². The molecular weight excluding hydrogens is 415 g/mol. The van der Waals surface area contributed by atoms with E-state index in [-0.39, 0.29) is 0 Å². The van der Waals surface area contributed by atoms with Gasteiger partial charge in [-0.2, -0.15) is 0 Å². The summed E-state index contributed by atoms with van der Waals surface area (Å²) in [6.45, 7) is 0.